The summed E-state index contributed by atoms with van der Waals surface area (Å²) in [6.07, 6.45) is 0.161. The van der Waals surface area contributed by atoms with E-state index in [4.69, 9.17) is 5.11 Å². The molecule has 0 fully saturated rings. The summed E-state index contributed by atoms with van der Waals surface area (Å²) in [4.78, 5) is 10.4. The standard InChI is InChI=1S/C14H21NO2/c1-9-7-11(3)13(8-10(9)2)12(4)15-6-5-14(16)17/h7-8,12,15H,5-6H2,1-4H3,(H,16,17). The highest BCUT2D eigenvalue weighted by Gasteiger charge is 2.09. The van der Waals surface area contributed by atoms with E-state index < -0.39 is 5.97 Å². The summed E-state index contributed by atoms with van der Waals surface area (Å²) in [5.41, 5.74) is 5.07. The van der Waals surface area contributed by atoms with E-state index in [1.54, 1.807) is 0 Å². The van der Waals surface area contributed by atoms with Crippen LogP contribution in [0, 0.1) is 20.8 Å². The minimum atomic E-state index is -0.762. The van der Waals surface area contributed by atoms with Gasteiger partial charge in [-0.05, 0) is 49.9 Å². The van der Waals surface area contributed by atoms with Crippen molar-refractivity contribution in [3.8, 4) is 0 Å². The van der Waals surface area contributed by atoms with Gasteiger partial charge in [-0.25, -0.2) is 0 Å². The predicted octanol–water partition coefficient (Wildman–Crippen LogP) is 2.74. The summed E-state index contributed by atoms with van der Waals surface area (Å²) in [7, 11) is 0. The molecule has 0 aliphatic rings. The smallest absolute Gasteiger partial charge is 0.304 e. The molecule has 0 aliphatic heterocycles. The Morgan fingerprint density at radius 1 is 1.24 bits per heavy atom. The second kappa shape index (κ2) is 5.82. The first-order valence-corrected chi connectivity index (χ1v) is 5.94. The Labute approximate surface area is 103 Å². The molecular formula is C14H21NO2. The zero-order valence-corrected chi connectivity index (χ0v) is 11.0. The third-order valence-electron chi connectivity index (χ3n) is 3.14. The molecule has 3 nitrogen and oxygen atoms in total. The molecule has 0 aromatic heterocycles. The number of carboxylic acid groups (broad SMARTS) is 1. The molecule has 2 N–H and O–H groups in total. The number of aliphatic carboxylic acids is 1. The Morgan fingerprint density at radius 2 is 1.82 bits per heavy atom. The predicted molar refractivity (Wildman–Crippen MR) is 69.3 cm³/mol. The first kappa shape index (κ1) is 13.7. The molecule has 1 rings (SSSR count). The minimum absolute atomic E-state index is 0.161. The maximum atomic E-state index is 10.4. The Hall–Kier alpha value is -1.35. The third-order valence-corrected chi connectivity index (χ3v) is 3.14. The van der Waals surface area contributed by atoms with E-state index in [2.05, 4.69) is 45.1 Å². The Morgan fingerprint density at radius 3 is 2.41 bits per heavy atom. The Balaban J connectivity index is 2.71. The van der Waals surface area contributed by atoms with Gasteiger partial charge in [-0.1, -0.05) is 12.1 Å². The highest BCUT2D eigenvalue weighted by molar-refractivity contribution is 5.66. The first-order chi connectivity index (χ1) is 7.91. The van der Waals surface area contributed by atoms with Crippen molar-refractivity contribution in [3.05, 3.63) is 34.4 Å². The van der Waals surface area contributed by atoms with Gasteiger partial charge in [0.15, 0.2) is 0 Å². The van der Waals surface area contributed by atoms with Crippen LogP contribution in [0.4, 0.5) is 0 Å². The van der Waals surface area contributed by atoms with Crippen LogP contribution in [0.1, 0.15) is 41.6 Å². The lowest BCUT2D eigenvalue weighted by Crippen LogP contribution is -2.22. The summed E-state index contributed by atoms with van der Waals surface area (Å²) in [5.74, 6) is -0.762. The van der Waals surface area contributed by atoms with Crippen LogP contribution < -0.4 is 5.32 Å². The molecule has 0 saturated carbocycles. The largest absolute Gasteiger partial charge is 0.481 e. The summed E-state index contributed by atoms with van der Waals surface area (Å²) in [6.45, 7) is 8.87. The number of benzene rings is 1. The fraction of sp³-hybridized carbons (Fsp3) is 0.500. The SMILES string of the molecule is Cc1cc(C)c(C(C)NCCC(=O)O)cc1C. The second-order valence-corrected chi connectivity index (χ2v) is 4.61. The van der Waals surface area contributed by atoms with Crippen molar-refractivity contribution >= 4 is 5.97 Å². The molecule has 17 heavy (non-hydrogen) atoms. The Bertz CT molecular complexity index is 413. The van der Waals surface area contributed by atoms with Crippen molar-refractivity contribution in [1.29, 1.82) is 0 Å². The molecular weight excluding hydrogens is 214 g/mol. The van der Waals surface area contributed by atoms with Crippen molar-refractivity contribution in [2.24, 2.45) is 0 Å². The number of aryl methyl sites for hydroxylation is 3. The highest BCUT2D eigenvalue weighted by Crippen LogP contribution is 2.21. The molecule has 0 amide bonds. The van der Waals surface area contributed by atoms with Crippen molar-refractivity contribution < 1.29 is 9.90 Å². The number of nitrogens with one attached hydrogen (secondary N) is 1. The van der Waals surface area contributed by atoms with Crippen molar-refractivity contribution in [1.82, 2.24) is 5.32 Å². The number of carbonyl (C=O) groups is 1. The fourth-order valence-electron chi connectivity index (χ4n) is 1.95. The van der Waals surface area contributed by atoms with E-state index in [1.165, 1.54) is 22.3 Å². The number of rotatable bonds is 5. The average molecular weight is 235 g/mol. The zero-order chi connectivity index (χ0) is 13.0. The van der Waals surface area contributed by atoms with Gasteiger partial charge in [0.1, 0.15) is 0 Å². The summed E-state index contributed by atoms with van der Waals surface area (Å²) in [5, 5.41) is 11.8. The molecule has 1 atom stereocenters. The summed E-state index contributed by atoms with van der Waals surface area (Å²) in [6, 6.07) is 4.55. The van der Waals surface area contributed by atoms with Gasteiger partial charge in [-0.3, -0.25) is 4.79 Å². The van der Waals surface area contributed by atoms with Crippen LogP contribution in [0.5, 0.6) is 0 Å². The maximum Gasteiger partial charge on any atom is 0.304 e. The van der Waals surface area contributed by atoms with Crippen LogP contribution in [-0.4, -0.2) is 17.6 Å². The lowest BCUT2D eigenvalue weighted by Gasteiger charge is -2.18. The van der Waals surface area contributed by atoms with Gasteiger partial charge in [0.25, 0.3) is 0 Å². The monoisotopic (exact) mass is 235 g/mol. The van der Waals surface area contributed by atoms with Gasteiger partial charge in [0, 0.05) is 12.6 Å². The Kier molecular flexibility index (Phi) is 4.70. The van der Waals surface area contributed by atoms with Crippen LogP contribution in [0.2, 0.25) is 0 Å². The van der Waals surface area contributed by atoms with E-state index in [0.717, 1.165) is 0 Å². The molecule has 0 spiro atoms. The van der Waals surface area contributed by atoms with Crippen molar-refractivity contribution in [2.45, 2.75) is 40.2 Å². The van der Waals surface area contributed by atoms with Crippen molar-refractivity contribution in [3.63, 3.8) is 0 Å². The number of carboxylic acids is 1. The normalized spacial score (nSPS) is 12.5. The minimum Gasteiger partial charge on any atom is -0.481 e. The quantitative estimate of drug-likeness (QED) is 0.825. The van der Waals surface area contributed by atoms with Gasteiger partial charge in [-0.15, -0.1) is 0 Å². The average Bonchev–Trinajstić information content (AvgIpc) is 2.22. The van der Waals surface area contributed by atoms with E-state index in [-0.39, 0.29) is 12.5 Å². The van der Waals surface area contributed by atoms with E-state index in [1.807, 2.05) is 0 Å². The number of hydrogen-bond acceptors (Lipinski definition) is 2. The van der Waals surface area contributed by atoms with E-state index >= 15 is 0 Å². The van der Waals surface area contributed by atoms with Crippen LogP contribution >= 0.6 is 0 Å². The van der Waals surface area contributed by atoms with E-state index in [9.17, 15) is 4.79 Å². The van der Waals surface area contributed by atoms with Gasteiger partial charge in [0.2, 0.25) is 0 Å². The highest BCUT2D eigenvalue weighted by atomic mass is 16.4. The van der Waals surface area contributed by atoms with Gasteiger partial charge in [-0.2, -0.15) is 0 Å². The van der Waals surface area contributed by atoms with E-state index in [0.29, 0.717) is 6.54 Å². The molecule has 0 heterocycles. The zero-order valence-electron chi connectivity index (χ0n) is 11.0. The maximum absolute atomic E-state index is 10.4. The molecule has 0 bridgehead atoms. The molecule has 0 aliphatic carbocycles. The molecule has 0 radical (unpaired) electrons. The molecule has 3 heteroatoms. The number of hydrogen-bond donors (Lipinski definition) is 2. The van der Waals surface area contributed by atoms with Crippen LogP contribution in [0.25, 0.3) is 0 Å². The molecule has 0 saturated heterocycles. The first-order valence-electron chi connectivity index (χ1n) is 5.94. The second-order valence-electron chi connectivity index (χ2n) is 4.61. The van der Waals surface area contributed by atoms with Crippen LogP contribution in [0.15, 0.2) is 12.1 Å². The van der Waals surface area contributed by atoms with Crippen LogP contribution in [-0.2, 0) is 4.79 Å². The van der Waals surface area contributed by atoms with Gasteiger partial charge < -0.3 is 10.4 Å². The molecule has 94 valence electrons. The summed E-state index contributed by atoms with van der Waals surface area (Å²) >= 11 is 0. The topological polar surface area (TPSA) is 49.3 Å². The molecule has 1 aromatic rings. The van der Waals surface area contributed by atoms with Crippen LogP contribution in [0.3, 0.4) is 0 Å². The third kappa shape index (κ3) is 3.86. The van der Waals surface area contributed by atoms with Crippen molar-refractivity contribution in [2.75, 3.05) is 6.54 Å². The summed E-state index contributed by atoms with van der Waals surface area (Å²) < 4.78 is 0. The van der Waals surface area contributed by atoms with Gasteiger partial charge >= 0.3 is 5.97 Å². The fourth-order valence-corrected chi connectivity index (χ4v) is 1.95. The lowest BCUT2D eigenvalue weighted by atomic mass is 9.96. The molecule has 1 aromatic carbocycles. The van der Waals surface area contributed by atoms with Gasteiger partial charge in [0.05, 0.1) is 6.42 Å². The molecule has 1 unspecified atom stereocenters. The lowest BCUT2D eigenvalue weighted by molar-refractivity contribution is -0.136.